The van der Waals surface area contributed by atoms with Crippen LogP contribution in [0.15, 0.2) is 235 Å². The number of para-hydroxylation sites is 2. The van der Waals surface area contributed by atoms with Crippen molar-refractivity contribution < 1.29 is 4.42 Å². The van der Waals surface area contributed by atoms with E-state index in [0.29, 0.717) is 0 Å². The van der Waals surface area contributed by atoms with Crippen LogP contribution in [0.25, 0.3) is 93.6 Å². The highest BCUT2D eigenvalue weighted by molar-refractivity contribution is 6.23. The number of anilines is 3. The third kappa shape index (κ3) is 5.90. The monoisotopic (exact) mass is 778 g/mol. The van der Waals surface area contributed by atoms with E-state index in [-0.39, 0.29) is 0 Å². The van der Waals surface area contributed by atoms with Gasteiger partial charge in [-0.15, -0.1) is 0 Å². The molecule has 0 radical (unpaired) electrons. The van der Waals surface area contributed by atoms with Gasteiger partial charge < -0.3 is 13.9 Å². The molecule has 61 heavy (non-hydrogen) atoms. The number of furan rings is 1. The lowest BCUT2D eigenvalue weighted by Gasteiger charge is -2.27. The zero-order valence-electron chi connectivity index (χ0n) is 33.2. The quantitative estimate of drug-likeness (QED) is 0.161. The smallest absolute Gasteiger partial charge is 0.160 e. The zero-order chi connectivity index (χ0) is 40.3. The van der Waals surface area contributed by atoms with E-state index in [2.05, 4.69) is 240 Å². The summed E-state index contributed by atoms with van der Waals surface area (Å²) in [5.74, 6) is 0. The van der Waals surface area contributed by atoms with Crippen LogP contribution in [0.4, 0.5) is 17.1 Å². The van der Waals surface area contributed by atoms with E-state index < -0.39 is 0 Å². The molecule has 0 fully saturated rings. The van der Waals surface area contributed by atoms with Gasteiger partial charge in [0.25, 0.3) is 0 Å². The Balaban J connectivity index is 1.06. The highest BCUT2D eigenvalue weighted by Gasteiger charge is 2.23. The standard InChI is InChI=1S/C58H38N2O/c1-4-15-39(16-5-1)41-27-31-47(32-28-41)59(48-23-14-20-42(35-48)40-17-6-2-7-18-40)55-37-45-19-10-11-24-49(45)57-52-34-30-44(38-56(52)61-58(55)57)43-29-33-51-50-25-12-13-26-53(50)60(54(51)36-43)46-21-8-3-9-22-46/h1-38H. The molecule has 2 aromatic heterocycles. The maximum Gasteiger partial charge on any atom is 0.160 e. The van der Waals surface area contributed by atoms with Gasteiger partial charge in [-0.1, -0.05) is 164 Å². The van der Waals surface area contributed by atoms with Crippen molar-refractivity contribution in [3.63, 3.8) is 0 Å². The number of hydrogen-bond donors (Lipinski definition) is 0. The Morgan fingerprint density at radius 3 is 1.67 bits per heavy atom. The van der Waals surface area contributed by atoms with Gasteiger partial charge in [-0.2, -0.15) is 0 Å². The predicted octanol–water partition coefficient (Wildman–Crippen LogP) is 16.3. The van der Waals surface area contributed by atoms with Crippen LogP contribution in [0.1, 0.15) is 0 Å². The molecule has 0 atom stereocenters. The number of aromatic nitrogens is 1. The van der Waals surface area contributed by atoms with E-state index >= 15 is 0 Å². The summed E-state index contributed by atoms with van der Waals surface area (Å²) >= 11 is 0. The van der Waals surface area contributed by atoms with Crippen molar-refractivity contribution in [3.05, 3.63) is 231 Å². The third-order valence-electron chi connectivity index (χ3n) is 12.2. The molecule has 10 aromatic carbocycles. The summed E-state index contributed by atoms with van der Waals surface area (Å²) < 4.78 is 9.54. The maximum atomic E-state index is 7.17. The first-order chi connectivity index (χ1) is 30.2. The average molecular weight is 779 g/mol. The minimum atomic E-state index is 0.850. The summed E-state index contributed by atoms with van der Waals surface area (Å²) in [5, 5.41) is 7.00. The second-order valence-electron chi connectivity index (χ2n) is 15.7. The molecular weight excluding hydrogens is 741 g/mol. The van der Waals surface area contributed by atoms with Gasteiger partial charge in [0.2, 0.25) is 0 Å². The summed E-state index contributed by atoms with van der Waals surface area (Å²) in [4.78, 5) is 2.36. The summed E-state index contributed by atoms with van der Waals surface area (Å²) in [6.07, 6.45) is 0. The van der Waals surface area contributed by atoms with Crippen molar-refractivity contribution in [3.8, 4) is 39.1 Å². The van der Waals surface area contributed by atoms with Crippen LogP contribution < -0.4 is 4.90 Å². The van der Waals surface area contributed by atoms with E-state index in [1.54, 1.807) is 0 Å². The Hall–Kier alpha value is -8.14. The number of fused-ring (bicyclic) bond motifs is 8. The number of rotatable bonds is 7. The van der Waals surface area contributed by atoms with E-state index in [1.165, 1.54) is 43.9 Å². The van der Waals surface area contributed by atoms with Crippen LogP contribution in [0.2, 0.25) is 0 Å². The van der Waals surface area contributed by atoms with Crippen LogP contribution in [-0.4, -0.2) is 4.57 Å². The lowest BCUT2D eigenvalue weighted by molar-refractivity contribution is 0.669. The van der Waals surface area contributed by atoms with Crippen molar-refractivity contribution in [1.82, 2.24) is 4.57 Å². The Morgan fingerprint density at radius 1 is 0.344 bits per heavy atom. The highest BCUT2D eigenvalue weighted by atomic mass is 16.3. The Morgan fingerprint density at radius 2 is 0.902 bits per heavy atom. The van der Waals surface area contributed by atoms with E-state index in [9.17, 15) is 0 Å². The summed E-state index contributed by atoms with van der Waals surface area (Å²) in [6, 6.07) is 82.7. The topological polar surface area (TPSA) is 21.3 Å². The Bertz CT molecular complexity index is 3570. The minimum Gasteiger partial charge on any atom is -0.454 e. The van der Waals surface area contributed by atoms with Gasteiger partial charge in [0, 0.05) is 38.6 Å². The van der Waals surface area contributed by atoms with Crippen LogP contribution >= 0.6 is 0 Å². The van der Waals surface area contributed by atoms with Gasteiger partial charge in [0.1, 0.15) is 5.58 Å². The van der Waals surface area contributed by atoms with E-state index in [0.717, 1.165) is 66.8 Å². The zero-order valence-corrected chi connectivity index (χ0v) is 33.2. The molecule has 0 aliphatic heterocycles. The second-order valence-corrected chi connectivity index (χ2v) is 15.7. The molecule has 2 heterocycles. The van der Waals surface area contributed by atoms with Crippen LogP contribution in [-0.2, 0) is 0 Å². The number of nitrogens with zero attached hydrogens (tertiary/aromatic N) is 2. The fourth-order valence-corrected chi connectivity index (χ4v) is 9.27. The number of benzene rings is 10. The predicted molar refractivity (Wildman–Crippen MR) is 257 cm³/mol. The van der Waals surface area contributed by atoms with Crippen molar-refractivity contribution in [1.29, 1.82) is 0 Å². The molecule has 0 bridgehead atoms. The van der Waals surface area contributed by atoms with Gasteiger partial charge in [-0.25, -0.2) is 0 Å². The van der Waals surface area contributed by atoms with Crippen molar-refractivity contribution in [2.45, 2.75) is 0 Å². The van der Waals surface area contributed by atoms with Gasteiger partial charge in [-0.3, -0.25) is 0 Å². The lowest BCUT2D eigenvalue weighted by Crippen LogP contribution is -2.10. The molecule has 0 saturated carbocycles. The summed E-state index contributed by atoms with van der Waals surface area (Å²) in [6.45, 7) is 0. The molecule has 12 aromatic rings. The molecule has 0 unspecified atom stereocenters. The second kappa shape index (κ2) is 14.3. The average Bonchev–Trinajstić information content (AvgIpc) is 3.89. The Labute approximate surface area is 353 Å². The van der Waals surface area contributed by atoms with Gasteiger partial charge in [0.15, 0.2) is 5.58 Å². The van der Waals surface area contributed by atoms with E-state index in [4.69, 9.17) is 4.42 Å². The van der Waals surface area contributed by atoms with Crippen molar-refractivity contribution in [2.75, 3.05) is 4.90 Å². The van der Waals surface area contributed by atoms with Gasteiger partial charge >= 0.3 is 0 Å². The first-order valence-corrected chi connectivity index (χ1v) is 20.8. The normalized spacial score (nSPS) is 11.6. The largest absolute Gasteiger partial charge is 0.454 e. The fourth-order valence-electron chi connectivity index (χ4n) is 9.27. The van der Waals surface area contributed by atoms with Crippen LogP contribution in [0, 0.1) is 0 Å². The first kappa shape index (κ1) is 34.9. The highest BCUT2D eigenvalue weighted by Crippen LogP contribution is 2.47. The molecule has 286 valence electrons. The summed E-state index contributed by atoms with van der Waals surface area (Å²) in [7, 11) is 0. The fraction of sp³-hybridized carbons (Fsp3) is 0. The third-order valence-corrected chi connectivity index (χ3v) is 12.2. The van der Waals surface area contributed by atoms with Crippen molar-refractivity contribution >= 4 is 71.6 Å². The van der Waals surface area contributed by atoms with Crippen LogP contribution in [0.3, 0.4) is 0 Å². The van der Waals surface area contributed by atoms with Gasteiger partial charge in [0.05, 0.1) is 16.7 Å². The van der Waals surface area contributed by atoms with Gasteiger partial charge in [-0.05, 0) is 111 Å². The summed E-state index contributed by atoms with van der Waals surface area (Å²) in [5.41, 5.74) is 15.2. The molecule has 0 aliphatic rings. The maximum absolute atomic E-state index is 7.17. The molecule has 0 aliphatic carbocycles. The Kier molecular flexibility index (Phi) is 8.17. The minimum absolute atomic E-state index is 0.850. The molecule has 0 N–H and O–H groups in total. The molecule has 3 nitrogen and oxygen atoms in total. The van der Waals surface area contributed by atoms with Crippen LogP contribution in [0.5, 0.6) is 0 Å². The molecule has 3 heteroatoms. The molecule has 0 amide bonds. The molecule has 0 saturated heterocycles. The first-order valence-electron chi connectivity index (χ1n) is 20.8. The number of hydrogen-bond acceptors (Lipinski definition) is 2. The van der Waals surface area contributed by atoms with Crippen molar-refractivity contribution in [2.24, 2.45) is 0 Å². The molecular formula is C58H38N2O. The SMILES string of the molecule is c1ccc(-c2ccc(N(c3cccc(-c4ccccc4)c3)c3cc4ccccc4c4c3oc3cc(-c5ccc6c7ccccc7n(-c7ccccc7)c6c5)ccc34)cc2)cc1. The molecule has 0 spiro atoms. The van der Waals surface area contributed by atoms with E-state index in [1.807, 2.05) is 0 Å². The lowest BCUT2D eigenvalue weighted by atomic mass is 9.98. The molecule has 12 rings (SSSR count).